The highest BCUT2D eigenvalue weighted by Crippen LogP contribution is 2.31. The summed E-state index contributed by atoms with van der Waals surface area (Å²) in [4.78, 5) is 11.0. The van der Waals surface area contributed by atoms with Gasteiger partial charge in [0.25, 0.3) is 5.24 Å². The standard InChI is InChI=1S/C8H5Cl2IO2/c1-13-7-5(8(10)12)2-4(11)3-6(7)9/h2-3H,1H3. The van der Waals surface area contributed by atoms with Gasteiger partial charge in [-0.2, -0.15) is 0 Å². The Bertz CT molecular complexity index is 352. The van der Waals surface area contributed by atoms with Gasteiger partial charge in [0.2, 0.25) is 0 Å². The maximum atomic E-state index is 11.0. The summed E-state index contributed by atoms with van der Waals surface area (Å²) in [6.45, 7) is 0. The van der Waals surface area contributed by atoms with Crippen LogP contribution in [0, 0.1) is 3.57 Å². The molecule has 0 heterocycles. The SMILES string of the molecule is COc1c(Cl)cc(I)cc1C(=O)Cl. The molecule has 1 aromatic rings. The molecule has 0 aliphatic carbocycles. The van der Waals surface area contributed by atoms with Crippen LogP contribution in [-0.4, -0.2) is 12.4 Å². The summed E-state index contributed by atoms with van der Waals surface area (Å²) in [6, 6.07) is 3.32. The fourth-order valence-corrected chi connectivity index (χ4v) is 2.16. The van der Waals surface area contributed by atoms with Gasteiger partial charge in [0, 0.05) is 3.57 Å². The minimum absolute atomic E-state index is 0.293. The van der Waals surface area contributed by atoms with Gasteiger partial charge in [-0.15, -0.1) is 0 Å². The molecule has 5 heteroatoms. The van der Waals surface area contributed by atoms with Crippen LogP contribution in [0.25, 0.3) is 0 Å². The molecule has 0 fully saturated rings. The number of hydrogen-bond donors (Lipinski definition) is 0. The number of carbonyl (C=O) groups is 1. The van der Waals surface area contributed by atoms with Crippen LogP contribution in [0.2, 0.25) is 5.02 Å². The lowest BCUT2D eigenvalue weighted by atomic mass is 10.2. The molecule has 2 nitrogen and oxygen atoms in total. The third-order valence-electron chi connectivity index (χ3n) is 1.42. The number of rotatable bonds is 2. The second-order valence-electron chi connectivity index (χ2n) is 2.24. The lowest BCUT2D eigenvalue weighted by Crippen LogP contribution is -1.97. The fraction of sp³-hybridized carbons (Fsp3) is 0.125. The predicted molar refractivity (Wildman–Crippen MR) is 60.9 cm³/mol. The van der Waals surface area contributed by atoms with Crippen LogP contribution in [0.4, 0.5) is 0 Å². The van der Waals surface area contributed by atoms with Gasteiger partial charge in [0.15, 0.2) is 0 Å². The van der Waals surface area contributed by atoms with E-state index in [0.29, 0.717) is 16.3 Å². The van der Waals surface area contributed by atoms with Crippen molar-refractivity contribution in [3.63, 3.8) is 0 Å². The average molecular weight is 331 g/mol. The van der Waals surface area contributed by atoms with Gasteiger partial charge in [-0.25, -0.2) is 0 Å². The number of halogens is 3. The largest absolute Gasteiger partial charge is 0.494 e. The highest BCUT2D eigenvalue weighted by molar-refractivity contribution is 14.1. The van der Waals surface area contributed by atoms with Crippen LogP contribution in [0.1, 0.15) is 10.4 Å². The number of methoxy groups -OCH3 is 1. The number of ether oxygens (including phenoxy) is 1. The molecule has 70 valence electrons. The molecule has 0 aliphatic rings. The van der Waals surface area contributed by atoms with Crippen molar-refractivity contribution < 1.29 is 9.53 Å². The normalized spacial score (nSPS) is 9.85. The minimum Gasteiger partial charge on any atom is -0.494 e. The second-order valence-corrected chi connectivity index (χ2v) is 4.24. The lowest BCUT2D eigenvalue weighted by Gasteiger charge is -2.07. The molecule has 13 heavy (non-hydrogen) atoms. The van der Waals surface area contributed by atoms with Gasteiger partial charge >= 0.3 is 0 Å². The van der Waals surface area contributed by atoms with Gasteiger partial charge in [0.05, 0.1) is 17.7 Å². The molecule has 0 aromatic heterocycles. The first kappa shape index (κ1) is 11.1. The van der Waals surface area contributed by atoms with Gasteiger partial charge in [-0.3, -0.25) is 4.79 Å². The van der Waals surface area contributed by atoms with Crippen molar-refractivity contribution in [2.24, 2.45) is 0 Å². The average Bonchev–Trinajstić information content (AvgIpc) is 2.02. The molecule has 1 rings (SSSR count). The van der Waals surface area contributed by atoms with E-state index in [1.54, 1.807) is 12.1 Å². The first-order valence-electron chi connectivity index (χ1n) is 3.29. The van der Waals surface area contributed by atoms with E-state index in [1.165, 1.54) is 7.11 Å². The molecular weight excluding hydrogens is 326 g/mol. The number of hydrogen-bond acceptors (Lipinski definition) is 2. The highest BCUT2D eigenvalue weighted by Gasteiger charge is 2.14. The Morgan fingerprint density at radius 3 is 2.62 bits per heavy atom. The molecule has 1 aromatic carbocycles. The predicted octanol–water partition coefficient (Wildman–Crippen LogP) is 3.33. The molecule has 0 saturated heterocycles. The van der Waals surface area contributed by atoms with Crippen LogP contribution in [0.5, 0.6) is 5.75 Å². The van der Waals surface area contributed by atoms with E-state index >= 15 is 0 Å². The zero-order valence-electron chi connectivity index (χ0n) is 6.61. The van der Waals surface area contributed by atoms with E-state index in [4.69, 9.17) is 27.9 Å². The molecule has 0 aliphatic heterocycles. The van der Waals surface area contributed by atoms with Crippen LogP contribution in [-0.2, 0) is 0 Å². The fourth-order valence-electron chi connectivity index (χ4n) is 0.914. The molecule has 0 atom stereocenters. The van der Waals surface area contributed by atoms with Crippen molar-refractivity contribution >= 4 is 51.0 Å². The molecular formula is C8H5Cl2IO2. The van der Waals surface area contributed by atoms with E-state index in [0.717, 1.165) is 3.57 Å². The third kappa shape index (κ3) is 2.48. The highest BCUT2D eigenvalue weighted by atomic mass is 127. The Morgan fingerprint density at radius 2 is 2.15 bits per heavy atom. The first-order valence-corrected chi connectivity index (χ1v) is 5.12. The van der Waals surface area contributed by atoms with Crippen molar-refractivity contribution in [1.29, 1.82) is 0 Å². The van der Waals surface area contributed by atoms with Crippen molar-refractivity contribution in [3.05, 3.63) is 26.3 Å². The van der Waals surface area contributed by atoms with Crippen LogP contribution < -0.4 is 4.74 Å². The van der Waals surface area contributed by atoms with Gasteiger partial charge in [-0.1, -0.05) is 11.6 Å². The van der Waals surface area contributed by atoms with Crippen LogP contribution in [0.3, 0.4) is 0 Å². The van der Waals surface area contributed by atoms with E-state index in [1.807, 2.05) is 22.6 Å². The van der Waals surface area contributed by atoms with E-state index in [2.05, 4.69) is 0 Å². The molecule has 0 N–H and O–H groups in total. The smallest absolute Gasteiger partial charge is 0.256 e. The molecule has 0 saturated carbocycles. The first-order chi connectivity index (χ1) is 6.06. The lowest BCUT2D eigenvalue weighted by molar-refractivity contribution is 0.107. The Balaban J connectivity index is 3.38. The maximum Gasteiger partial charge on any atom is 0.256 e. The summed E-state index contributed by atoms with van der Waals surface area (Å²) in [5.41, 5.74) is 0.293. The molecule has 0 bridgehead atoms. The summed E-state index contributed by atoms with van der Waals surface area (Å²) >= 11 is 13.2. The summed E-state index contributed by atoms with van der Waals surface area (Å²) in [6.07, 6.45) is 0. The Kier molecular flexibility index (Phi) is 3.82. The molecule has 0 spiro atoms. The zero-order valence-corrected chi connectivity index (χ0v) is 10.3. The third-order valence-corrected chi connectivity index (χ3v) is 2.53. The topological polar surface area (TPSA) is 26.3 Å². The minimum atomic E-state index is -0.572. The van der Waals surface area contributed by atoms with Crippen molar-refractivity contribution in [2.45, 2.75) is 0 Å². The summed E-state index contributed by atoms with van der Waals surface area (Å²) < 4.78 is 5.79. The number of benzene rings is 1. The summed E-state index contributed by atoms with van der Waals surface area (Å²) in [7, 11) is 1.44. The second kappa shape index (κ2) is 4.48. The number of carbonyl (C=O) groups excluding carboxylic acids is 1. The Labute approximate surface area is 99.3 Å². The summed E-state index contributed by atoms with van der Waals surface area (Å²) in [5.74, 6) is 0.321. The van der Waals surface area contributed by atoms with E-state index < -0.39 is 5.24 Å². The van der Waals surface area contributed by atoms with E-state index in [-0.39, 0.29) is 0 Å². The molecule has 0 radical (unpaired) electrons. The molecule has 0 amide bonds. The molecule has 0 unspecified atom stereocenters. The maximum absolute atomic E-state index is 11.0. The van der Waals surface area contributed by atoms with Gasteiger partial charge in [0.1, 0.15) is 5.75 Å². The van der Waals surface area contributed by atoms with E-state index in [9.17, 15) is 4.79 Å². The van der Waals surface area contributed by atoms with Crippen LogP contribution >= 0.6 is 45.8 Å². The van der Waals surface area contributed by atoms with Gasteiger partial charge < -0.3 is 4.74 Å². The van der Waals surface area contributed by atoms with Crippen molar-refractivity contribution in [1.82, 2.24) is 0 Å². The van der Waals surface area contributed by atoms with Crippen molar-refractivity contribution in [2.75, 3.05) is 7.11 Å². The monoisotopic (exact) mass is 330 g/mol. The quantitative estimate of drug-likeness (QED) is 0.614. The Morgan fingerprint density at radius 1 is 1.54 bits per heavy atom. The van der Waals surface area contributed by atoms with Crippen LogP contribution in [0.15, 0.2) is 12.1 Å². The Hall–Kier alpha value is -0.000000000000000111. The van der Waals surface area contributed by atoms with Crippen molar-refractivity contribution in [3.8, 4) is 5.75 Å². The summed E-state index contributed by atoms with van der Waals surface area (Å²) in [5, 5.41) is -0.185. The zero-order chi connectivity index (χ0) is 10.0. The van der Waals surface area contributed by atoms with Gasteiger partial charge in [-0.05, 0) is 46.3 Å².